The summed E-state index contributed by atoms with van der Waals surface area (Å²) in [4.78, 5) is 21.9. The Morgan fingerprint density at radius 3 is 2.91 bits per heavy atom. The Balaban J connectivity index is 2.47. The van der Waals surface area contributed by atoms with Crippen LogP contribution in [-0.4, -0.2) is 29.2 Å². The Morgan fingerprint density at radius 2 is 2.45 bits per heavy atom. The molecule has 1 N–H and O–H groups in total. The molecule has 1 atom stereocenters. The Kier molecular flexibility index (Phi) is 2.84. The van der Waals surface area contributed by atoms with Crippen molar-refractivity contribution in [3.63, 3.8) is 0 Å². The second-order valence-electron chi connectivity index (χ2n) is 2.20. The summed E-state index contributed by atoms with van der Waals surface area (Å²) in [5.74, 6) is 0.287. The maximum absolute atomic E-state index is 11.0. The van der Waals surface area contributed by atoms with Crippen molar-refractivity contribution in [1.82, 2.24) is 5.32 Å². The van der Waals surface area contributed by atoms with Gasteiger partial charge in [0, 0.05) is 6.54 Å². The zero-order valence-corrected chi connectivity index (χ0v) is 6.82. The minimum absolute atomic E-state index is 0.0261. The third-order valence-electron chi connectivity index (χ3n) is 1.38. The summed E-state index contributed by atoms with van der Waals surface area (Å²) in [5, 5.41) is 2.72. The fraction of sp³-hybridized carbons (Fsp3) is 0.429. The largest absolute Gasteiger partial charge is 0.297 e. The first kappa shape index (κ1) is 8.49. The molecule has 11 heavy (non-hydrogen) atoms. The fourth-order valence-electron chi connectivity index (χ4n) is 0.839. The highest BCUT2D eigenvalue weighted by Gasteiger charge is 2.32. The van der Waals surface area contributed by atoms with Crippen LogP contribution in [0, 0.1) is 0 Å². The standard InChI is InChI=1S/C7H9NO2S/c1-2-3-8-6-5(9)4-11-7(6)10/h2,6,8H,1,3-4H2. The molecule has 1 saturated heterocycles. The van der Waals surface area contributed by atoms with Gasteiger partial charge in [-0.25, -0.2) is 0 Å². The van der Waals surface area contributed by atoms with Crippen LogP contribution in [0.5, 0.6) is 0 Å². The molecule has 1 heterocycles. The highest BCUT2D eigenvalue weighted by Crippen LogP contribution is 2.15. The maximum atomic E-state index is 11.0. The van der Waals surface area contributed by atoms with Gasteiger partial charge < -0.3 is 0 Å². The van der Waals surface area contributed by atoms with Gasteiger partial charge in [-0.3, -0.25) is 14.9 Å². The minimum Gasteiger partial charge on any atom is -0.297 e. The summed E-state index contributed by atoms with van der Waals surface area (Å²) < 4.78 is 0. The van der Waals surface area contributed by atoms with Crippen LogP contribution in [0.4, 0.5) is 0 Å². The number of hydrogen-bond acceptors (Lipinski definition) is 4. The van der Waals surface area contributed by atoms with Crippen LogP contribution >= 0.6 is 11.8 Å². The number of carbonyl (C=O) groups excluding carboxylic acids is 2. The van der Waals surface area contributed by atoms with Gasteiger partial charge in [-0.1, -0.05) is 17.8 Å². The molecule has 4 heteroatoms. The van der Waals surface area contributed by atoms with Gasteiger partial charge in [0.15, 0.2) is 5.78 Å². The lowest BCUT2D eigenvalue weighted by molar-refractivity contribution is -0.122. The number of hydrogen-bond donors (Lipinski definition) is 1. The van der Waals surface area contributed by atoms with E-state index in [2.05, 4.69) is 11.9 Å². The van der Waals surface area contributed by atoms with E-state index in [0.717, 1.165) is 11.8 Å². The van der Waals surface area contributed by atoms with Crippen LogP contribution in [0.3, 0.4) is 0 Å². The zero-order chi connectivity index (χ0) is 8.27. The molecule has 1 rings (SSSR count). The van der Waals surface area contributed by atoms with Crippen LogP contribution in [0.1, 0.15) is 0 Å². The molecule has 0 spiro atoms. The summed E-state index contributed by atoms with van der Waals surface area (Å²) in [6.45, 7) is 3.98. The summed E-state index contributed by atoms with van der Waals surface area (Å²) in [6.07, 6.45) is 1.63. The van der Waals surface area contributed by atoms with Crippen LogP contribution in [0.2, 0.25) is 0 Å². The lowest BCUT2D eigenvalue weighted by Gasteiger charge is -2.04. The molecular formula is C7H9NO2S. The molecule has 0 aliphatic carbocycles. The fourth-order valence-corrected chi connectivity index (χ4v) is 1.67. The Morgan fingerprint density at radius 1 is 1.73 bits per heavy atom. The number of nitrogens with one attached hydrogen (secondary N) is 1. The smallest absolute Gasteiger partial charge is 0.213 e. The molecule has 1 fully saturated rings. The minimum atomic E-state index is -0.585. The van der Waals surface area contributed by atoms with Crippen molar-refractivity contribution in [2.24, 2.45) is 0 Å². The molecule has 1 aliphatic rings. The molecule has 0 aromatic heterocycles. The van der Waals surface area contributed by atoms with Crippen molar-refractivity contribution in [3.05, 3.63) is 12.7 Å². The first-order chi connectivity index (χ1) is 5.25. The van der Waals surface area contributed by atoms with E-state index in [9.17, 15) is 9.59 Å². The van der Waals surface area contributed by atoms with Gasteiger partial charge in [-0.2, -0.15) is 0 Å². The van der Waals surface area contributed by atoms with Crippen molar-refractivity contribution in [3.8, 4) is 0 Å². The third-order valence-corrected chi connectivity index (χ3v) is 2.33. The average molecular weight is 171 g/mol. The molecule has 3 nitrogen and oxygen atoms in total. The van der Waals surface area contributed by atoms with Crippen molar-refractivity contribution < 1.29 is 9.59 Å². The summed E-state index contributed by atoms with van der Waals surface area (Å²) in [5.41, 5.74) is 0. The first-order valence-corrected chi connectivity index (χ1v) is 4.28. The lowest BCUT2D eigenvalue weighted by Crippen LogP contribution is -2.38. The number of ketones is 1. The summed E-state index contributed by atoms with van der Waals surface area (Å²) in [6, 6.07) is -0.585. The number of carbonyl (C=O) groups is 2. The van der Waals surface area contributed by atoms with Crippen LogP contribution < -0.4 is 5.32 Å². The van der Waals surface area contributed by atoms with E-state index >= 15 is 0 Å². The summed E-state index contributed by atoms with van der Waals surface area (Å²) >= 11 is 1.08. The Labute approximate surface area is 69.2 Å². The van der Waals surface area contributed by atoms with Gasteiger partial charge in [0.05, 0.1) is 5.75 Å². The average Bonchev–Trinajstić information content (AvgIpc) is 2.29. The third kappa shape index (κ3) is 1.91. The Hall–Kier alpha value is -0.610. The number of thioether (sulfide) groups is 1. The summed E-state index contributed by atoms with van der Waals surface area (Å²) in [7, 11) is 0. The molecule has 0 aromatic carbocycles. The van der Waals surface area contributed by atoms with Crippen molar-refractivity contribution >= 4 is 22.7 Å². The van der Waals surface area contributed by atoms with E-state index in [4.69, 9.17) is 0 Å². The zero-order valence-electron chi connectivity index (χ0n) is 6.00. The van der Waals surface area contributed by atoms with Gasteiger partial charge in [0.25, 0.3) is 0 Å². The lowest BCUT2D eigenvalue weighted by atomic mass is 10.2. The van der Waals surface area contributed by atoms with E-state index in [1.54, 1.807) is 6.08 Å². The van der Waals surface area contributed by atoms with E-state index in [0.29, 0.717) is 12.3 Å². The number of rotatable bonds is 3. The number of Topliss-reactive ketones (excluding diaryl/α,β-unsaturated/α-hetero) is 1. The monoisotopic (exact) mass is 171 g/mol. The molecule has 60 valence electrons. The second kappa shape index (κ2) is 3.69. The van der Waals surface area contributed by atoms with Crippen LogP contribution in [-0.2, 0) is 9.59 Å². The van der Waals surface area contributed by atoms with Gasteiger partial charge in [-0.15, -0.1) is 6.58 Å². The highest BCUT2D eigenvalue weighted by molar-refractivity contribution is 8.15. The van der Waals surface area contributed by atoms with Crippen LogP contribution in [0.25, 0.3) is 0 Å². The van der Waals surface area contributed by atoms with Crippen molar-refractivity contribution in [2.75, 3.05) is 12.3 Å². The van der Waals surface area contributed by atoms with E-state index < -0.39 is 6.04 Å². The molecule has 0 amide bonds. The molecule has 0 saturated carbocycles. The maximum Gasteiger partial charge on any atom is 0.213 e. The van der Waals surface area contributed by atoms with Gasteiger partial charge >= 0.3 is 0 Å². The van der Waals surface area contributed by atoms with E-state index in [1.807, 2.05) is 0 Å². The highest BCUT2D eigenvalue weighted by atomic mass is 32.2. The van der Waals surface area contributed by atoms with Gasteiger partial charge in [0.2, 0.25) is 5.12 Å². The Bertz CT molecular complexity index is 187. The van der Waals surface area contributed by atoms with E-state index in [-0.39, 0.29) is 10.9 Å². The first-order valence-electron chi connectivity index (χ1n) is 3.29. The molecule has 0 radical (unpaired) electrons. The normalized spacial score (nSPS) is 24.2. The predicted molar refractivity (Wildman–Crippen MR) is 44.5 cm³/mol. The topological polar surface area (TPSA) is 46.2 Å². The van der Waals surface area contributed by atoms with Crippen molar-refractivity contribution in [2.45, 2.75) is 6.04 Å². The van der Waals surface area contributed by atoms with Gasteiger partial charge in [0.1, 0.15) is 6.04 Å². The molecule has 0 bridgehead atoms. The van der Waals surface area contributed by atoms with Crippen LogP contribution in [0.15, 0.2) is 12.7 Å². The predicted octanol–water partition coefficient (Wildman–Crippen LogP) is -0.0269. The molecule has 1 unspecified atom stereocenters. The SMILES string of the molecule is C=CCNC1C(=O)CSC1=O. The molecular weight excluding hydrogens is 162 g/mol. The molecule has 1 aliphatic heterocycles. The van der Waals surface area contributed by atoms with Gasteiger partial charge in [-0.05, 0) is 0 Å². The van der Waals surface area contributed by atoms with E-state index in [1.165, 1.54) is 0 Å². The molecule has 0 aromatic rings. The quantitative estimate of drug-likeness (QED) is 0.478. The van der Waals surface area contributed by atoms with Crippen molar-refractivity contribution in [1.29, 1.82) is 0 Å². The second-order valence-corrected chi connectivity index (χ2v) is 3.18.